The highest BCUT2D eigenvalue weighted by atomic mass is 32.1. The van der Waals surface area contributed by atoms with E-state index < -0.39 is 0 Å². The van der Waals surface area contributed by atoms with Crippen LogP contribution in [0.3, 0.4) is 0 Å². The molecule has 0 aliphatic rings. The molecule has 0 aliphatic carbocycles. The first-order valence-corrected chi connectivity index (χ1v) is 6.03. The van der Waals surface area contributed by atoms with E-state index in [0.29, 0.717) is 6.54 Å². The molecule has 16 heavy (non-hydrogen) atoms. The molecule has 1 aromatic carbocycles. The SMILES string of the molecule is Cc1cccc(C(C)(C)CNC(=O)CS)c1. The van der Waals surface area contributed by atoms with E-state index in [-0.39, 0.29) is 17.1 Å². The van der Waals surface area contributed by atoms with Crippen molar-refractivity contribution < 1.29 is 4.79 Å². The zero-order chi connectivity index (χ0) is 12.2. The Morgan fingerprint density at radius 1 is 1.44 bits per heavy atom. The van der Waals surface area contributed by atoms with Crippen LogP contribution in [0.5, 0.6) is 0 Å². The van der Waals surface area contributed by atoms with Gasteiger partial charge in [0.25, 0.3) is 0 Å². The maximum Gasteiger partial charge on any atom is 0.229 e. The molecule has 0 saturated heterocycles. The van der Waals surface area contributed by atoms with Gasteiger partial charge in [-0.15, -0.1) is 0 Å². The molecule has 0 spiro atoms. The Morgan fingerprint density at radius 3 is 2.69 bits per heavy atom. The Labute approximate surface area is 103 Å². The van der Waals surface area contributed by atoms with Crippen LogP contribution in [0.1, 0.15) is 25.0 Å². The summed E-state index contributed by atoms with van der Waals surface area (Å²) >= 11 is 3.94. The van der Waals surface area contributed by atoms with Crippen molar-refractivity contribution in [3.8, 4) is 0 Å². The molecule has 0 aliphatic heterocycles. The zero-order valence-corrected chi connectivity index (χ0v) is 11.0. The molecule has 0 fully saturated rings. The lowest BCUT2D eigenvalue weighted by Gasteiger charge is -2.26. The topological polar surface area (TPSA) is 29.1 Å². The van der Waals surface area contributed by atoms with Gasteiger partial charge in [-0.25, -0.2) is 0 Å². The van der Waals surface area contributed by atoms with Crippen molar-refractivity contribution in [2.75, 3.05) is 12.3 Å². The molecule has 0 heterocycles. The standard InChI is InChI=1S/C13H19NOS/c1-10-5-4-6-11(7-10)13(2,3)9-14-12(15)8-16/h4-7,16H,8-9H2,1-3H3,(H,14,15). The summed E-state index contributed by atoms with van der Waals surface area (Å²) in [5, 5.41) is 2.88. The van der Waals surface area contributed by atoms with Gasteiger partial charge < -0.3 is 5.32 Å². The van der Waals surface area contributed by atoms with Crippen LogP contribution in [0.4, 0.5) is 0 Å². The van der Waals surface area contributed by atoms with Crippen LogP contribution in [0.2, 0.25) is 0 Å². The molecule has 3 heteroatoms. The molecule has 0 aromatic heterocycles. The molecule has 2 nitrogen and oxygen atoms in total. The van der Waals surface area contributed by atoms with Crippen molar-refractivity contribution in [1.82, 2.24) is 5.32 Å². The maximum atomic E-state index is 11.2. The number of rotatable bonds is 4. The zero-order valence-electron chi connectivity index (χ0n) is 10.1. The number of carbonyl (C=O) groups is 1. The largest absolute Gasteiger partial charge is 0.355 e. The van der Waals surface area contributed by atoms with E-state index in [1.165, 1.54) is 11.1 Å². The predicted octanol–water partition coefficient (Wildman–Crippen LogP) is 2.32. The first-order valence-electron chi connectivity index (χ1n) is 5.40. The van der Waals surface area contributed by atoms with Gasteiger partial charge in [-0.3, -0.25) is 4.79 Å². The summed E-state index contributed by atoms with van der Waals surface area (Å²) in [6.45, 7) is 6.96. The molecule has 0 saturated carbocycles. The number of carbonyl (C=O) groups excluding carboxylic acids is 1. The van der Waals surface area contributed by atoms with Crippen molar-refractivity contribution in [3.05, 3.63) is 35.4 Å². The first kappa shape index (κ1) is 13.1. The number of hydrogen-bond acceptors (Lipinski definition) is 2. The van der Waals surface area contributed by atoms with Crippen LogP contribution in [0.15, 0.2) is 24.3 Å². The number of thiol groups is 1. The van der Waals surface area contributed by atoms with E-state index in [1.807, 2.05) is 6.07 Å². The molecule has 0 unspecified atom stereocenters. The van der Waals surface area contributed by atoms with Gasteiger partial charge in [0.15, 0.2) is 0 Å². The fraction of sp³-hybridized carbons (Fsp3) is 0.462. The molecule has 0 atom stereocenters. The molecular weight excluding hydrogens is 218 g/mol. The van der Waals surface area contributed by atoms with E-state index in [0.717, 1.165) is 0 Å². The Bertz CT molecular complexity index is 374. The minimum absolute atomic E-state index is 0.0240. The highest BCUT2D eigenvalue weighted by Crippen LogP contribution is 2.22. The average Bonchev–Trinajstić information content (AvgIpc) is 2.26. The number of amides is 1. The average molecular weight is 237 g/mol. The molecule has 1 aromatic rings. The highest BCUT2D eigenvalue weighted by molar-refractivity contribution is 7.81. The van der Waals surface area contributed by atoms with Crippen LogP contribution in [-0.2, 0) is 10.2 Å². The first-order chi connectivity index (χ1) is 7.45. The molecule has 1 N–H and O–H groups in total. The summed E-state index contributed by atoms with van der Waals surface area (Å²) in [7, 11) is 0. The van der Waals surface area contributed by atoms with Gasteiger partial charge in [0.05, 0.1) is 5.75 Å². The van der Waals surface area contributed by atoms with Crippen LogP contribution in [-0.4, -0.2) is 18.2 Å². The van der Waals surface area contributed by atoms with Gasteiger partial charge in [-0.2, -0.15) is 12.6 Å². The van der Waals surface area contributed by atoms with Crippen LogP contribution < -0.4 is 5.32 Å². The van der Waals surface area contributed by atoms with Crippen LogP contribution >= 0.6 is 12.6 Å². The van der Waals surface area contributed by atoms with E-state index in [1.54, 1.807) is 0 Å². The summed E-state index contributed by atoms with van der Waals surface area (Å²) in [5.74, 6) is 0.216. The summed E-state index contributed by atoms with van der Waals surface area (Å²) in [4.78, 5) is 11.2. The lowest BCUT2D eigenvalue weighted by atomic mass is 9.84. The van der Waals surface area contributed by atoms with E-state index >= 15 is 0 Å². The molecule has 88 valence electrons. The lowest BCUT2D eigenvalue weighted by molar-refractivity contribution is -0.118. The van der Waals surface area contributed by atoms with Crippen molar-refractivity contribution in [2.24, 2.45) is 0 Å². The quantitative estimate of drug-likeness (QED) is 0.773. The fourth-order valence-corrected chi connectivity index (χ4v) is 1.66. The smallest absolute Gasteiger partial charge is 0.229 e. The second kappa shape index (κ2) is 5.39. The minimum atomic E-state index is -0.0510. The monoisotopic (exact) mass is 237 g/mol. The van der Waals surface area contributed by atoms with E-state index in [4.69, 9.17) is 0 Å². The Morgan fingerprint density at radius 2 is 2.12 bits per heavy atom. The second-order valence-electron chi connectivity index (χ2n) is 4.69. The van der Waals surface area contributed by atoms with E-state index in [2.05, 4.69) is 56.9 Å². The van der Waals surface area contributed by atoms with Crippen LogP contribution in [0.25, 0.3) is 0 Å². The second-order valence-corrected chi connectivity index (χ2v) is 5.00. The third kappa shape index (κ3) is 3.56. The number of benzene rings is 1. The number of hydrogen-bond donors (Lipinski definition) is 2. The highest BCUT2D eigenvalue weighted by Gasteiger charge is 2.20. The molecule has 1 rings (SSSR count). The van der Waals surface area contributed by atoms with Crippen LogP contribution in [0, 0.1) is 6.92 Å². The van der Waals surface area contributed by atoms with Gasteiger partial charge in [0.1, 0.15) is 0 Å². The molecule has 0 radical (unpaired) electrons. The summed E-state index contributed by atoms with van der Waals surface area (Å²) in [6.07, 6.45) is 0. The Kier molecular flexibility index (Phi) is 4.42. The third-order valence-corrected chi connectivity index (χ3v) is 2.96. The van der Waals surface area contributed by atoms with Crippen molar-refractivity contribution in [3.63, 3.8) is 0 Å². The van der Waals surface area contributed by atoms with Gasteiger partial charge in [-0.05, 0) is 12.5 Å². The normalized spacial score (nSPS) is 11.2. The number of nitrogens with one attached hydrogen (secondary N) is 1. The summed E-state index contributed by atoms with van der Waals surface area (Å²) < 4.78 is 0. The van der Waals surface area contributed by atoms with Crippen molar-refractivity contribution in [1.29, 1.82) is 0 Å². The minimum Gasteiger partial charge on any atom is -0.355 e. The molecular formula is C13H19NOS. The van der Waals surface area contributed by atoms with Crippen molar-refractivity contribution in [2.45, 2.75) is 26.2 Å². The fourth-order valence-electron chi connectivity index (χ4n) is 1.54. The van der Waals surface area contributed by atoms with E-state index in [9.17, 15) is 4.79 Å². The molecule has 0 bridgehead atoms. The van der Waals surface area contributed by atoms with Gasteiger partial charge >= 0.3 is 0 Å². The third-order valence-electron chi connectivity index (χ3n) is 2.67. The summed E-state index contributed by atoms with van der Waals surface area (Å²) in [5.41, 5.74) is 2.43. The number of aryl methyl sites for hydroxylation is 1. The Balaban J connectivity index is 2.73. The van der Waals surface area contributed by atoms with Gasteiger partial charge in [0.2, 0.25) is 5.91 Å². The van der Waals surface area contributed by atoms with Gasteiger partial charge in [0, 0.05) is 12.0 Å². The van der Waals surface area contributed by atoms with Crippen molar-refractivity contribution >= 4 is 18.5 Å². The Hall–Kier alpha value is -0.960. The van der Waals surface area contributed by atoms with Gasteiger partial charge in [-0.1, -0.05) is 43.7 Å². The lowest BCUT2D eigenvalue weighted by Crippen LogP contribution is -2.37. The molecule has 1 amide bonds. The maximum absolute atomic E-state index is 11.2. The summed E-state index contributed by atoms with van der Waals surface area (Å²) in [6, 6.07) is 8.38. The predicted molar refractivity (Wildman–Crippen MR) is 71.1 cm³/mol.